The first kappa shape index (κ1) is 24.0. The fraction of sp³-hybridized carbons (Fsp3) is 0.333. The molecule has 2 fully saturated rings. The lowest BCUT2D eigenvalue weighted by Gasteiger charge is -2.25. The third-order valence-corrected chi connectivity index (χ3v) is 8.20. The van der Waals surface area contributed by atoms with E-state index in [0.717, 1.165) is 31.6 Å². The van der Waals surface area contributed by atoms with Gasteiger partial charge in [-0.05, 0) is 47.4 Å². The number of carbonyl (C=O) groups is 2. The summed E-state index contributed by atoms with van der Waals surface area (Å²) in [4.78, 5) is 30.5. The van der Waals surface area contributed by atoms with Gasteiger partial charge in [0.05, 0.1) is 21.5 Å². The smallest absolute Gasteiger partial charge is 0.261 e. The van der Waals surface area contributed by atoms with Crippen molar-refractivity contribution in [1.29, 1.82) is 0 Å². The first-order chi connectivity index (χ1) is 17.0. The van der Waals surface area contributed by atoms with Crippen LogP contribution in [0.1, 0.15) is 38.1 Å². The number of carbonyl (C=O) groups excluding carboxylic acids is 2. The Bertz CT molecular complexity index is 1160. The number of nitrogens with one attached hydrogen (secondary N) is 1. The van der Waals surface area contributed by atoms with Gasteiger partial charge in [-0.15, -0.1) is 11.3 Å². The lowest BCUT2D eigenvalue weighted by atomic mass is 10.0. The lowest BCUT2D eigenvalue weighted by molar-refractivity contribution is 0.0769. The third-order valence-electron chi connectivity index (χ3n) is 7.01. The molecule has 2 unspecified atom stereocenters. The zero-order valence-corrected chi connectivity index (χ0v) is 20.8. The number of hydrogen-bond acceptors (Lipinski definition) is 4. The summed E-state index contributed by atoms with van der Waals surface area (Å²) in [5.41, 5.74) is 1.06. The van der Waals surface area contributed by atoms with Crippen LogP contribution >= 0.6 is 22.9 Å². The van der Waals surface area contributed by atoms with E-state index < -0.39 is 5.82 Å². The molecular weight excluding hydrogens is 485 g/mol. The Morgan fingerprint density at radius 1 is 1.00 bits per heavy atom. The average molecular weight is 512 g/mol. The molecule has 0 spiro atoms. The van der Waals surface area contributed by atoms with Gasteiger partial charge in [-0.1, -0.05) is 54.1 Å². The lowest BCUT2D eigenvalue weighted by Crippen LogP contribution is -2.35. The molecule has 2 aliphatic heterocycles. The van der Waals surface area contributed by atoms with Gasteiger partial charge in [0.1, 0.15) is 5.82 Å². The zero-order chi connectivity index (χ0) is 24.4. The molecule has 1 N–H and O–H groups in total. The van der Waals surface area contributed by atoms with Crippen molar-refractivity contribution >= 4 is 34.8 Å². The molecular formula is C27H27ClFN3O2S. The molecule has 5 rings (SSSR count). The van der Waals surface area contributed by atoms with E-state index in [-0.39, 0.29) is 28.4 Å². The highest BCUT2D eigenvalue weighted by Gasteiger charge is 2.42. The molecule has 2 saturated heterocycles. The molecule has 182 valence electrons. The largest absolute Gasteiger partial charge is 0.344 e. The standard InChI is InChI=1S/C27H27ClFN3O2S/c28-21-8-4-9-22(29)25(21)27(34)32-16-19-14-31(15-20(19)17-32)12-11-23(18-6-2-1-3-7-18)30-26(33)24-10-5-13-35-24/h1-10,13,19-20,23H,11-12,14-17H2,(H,30,33)/t19?,20?,23-/m0/s1. The number of thiophene rings is 1. The van der Waals surface area contributed by atoms with E-state index in [1.54, 1.807) is 11.0 Å². The Hall–Kier alpha value is -2.74. The van der Waals surface area contributed by atoms with Gasteiger partial charge in [-0.25, -0.2) is 4.39 Å². The molecule has 0 saturated carbocycles. The minimum absolute atomic E-state index is 0.0295. The van der Waals surface area contributed by atoms with Gasteiger partial charge in [0.25, 0.3) is 11.8 Å². The minimum atomic E-state index is -0.572. The van der Waals surface area contributed by atoms with Crippen molar-refractivity contribution in [3.8, 4) is 0 Å². The highest BCUT2D eigenvalue weighted by atomic mass is 35.5. The predicted molar refractivity (Wildman–Crippen MR) is 136 cm³/mol. The Kier molecular flexibility index (Phi) is 7.18. The van der Waals surface area contributed by atoms with E-state index >= 15 is 0 Å². The number of nitrogens with zero attached hydrogens (tertiary/aromatic N) is 2. The van der Waals surface area contributed by atoms with E-state index in [0.29, 0.717) is 29.8 Å². The summed E-state index contributed by atoms with van der Waals surface area (Å²) >= 11 is 7.55. The summed E-state index contributed by atoms with van der Waals surface area (Å²) in [6.45, 7) is 3.85. The molecule has 2 aromatic carbocycles. The Morgan fingerprint density at radius 3 is 2.40 bits per heavy atom. The summed E-state index contributed by atoms with van der Waals surface area (Å²) in [6, 6.07) is 18.1. The van der Waals surface area contributed by atoms with Crippen LogP contribution in [-0.2, 0) is 0 Å². The fourth-order valence-electron chi connectivity index (χ4n) is 5.26. The van der Waals surface area contributed by atoms with E-state index in [1.807, 2.05) is 35.7 Å². The van der Waals surface area contributed by atoms with Crippen LogP contribution in [0.25, 0.3) is 0 Å². The maximum Gasteiger partial charge on any atom is 0.261 e. The molecule has 0 aliphatic carbocycles. The van der Waals surface area contributed by atoms with Crippen molar-refractivity contribution in [3.05, 3.63) is 92.9 Å². The minimum Gasteiger partial charge on any atom is -0.344 e. The summed E-state index contributed by atoms with van der Waals surface area (Å²) < 4.78 is 14.2. The Labute approximate surface area is 213 Å². The summed E-state index contributed by atoms with van der Waals surface area (Å²) in [6.07, 6.45) is 0.800. The van der Waals surface area contributed by atoms with Gasteiger partial charge in [0.15, 0.2) is 0 Å². The van der Waals surface area contributed by atoms with Gasteiger partial charge in [0.2, 0.25) is 0 Å². The maximum absolute atomic E-state index is 14.2. The molecule has 5 nitrogen and oxygen atoms in total. The monoisotopic (exact) mass is 511 g/mol. The van der Waals surface area contributed by atoms with Gasteiger partial charge < -0.3 is 15.1 Å². The molecule has 0 radical (unpaired) electrons. The average Bonchev–Trinajstić information content (AvgIpc) is 3.59. The van der Waals surface area contributed by atoms with Gasteiger partial charge in [0, 0.05) is 32.7 Å². The van der Waals surface area contributed by atoms with Gasteiger partial charge in [-0.2, -0.15) is 0 Å². The number of amides is 2. The second kappa shape index (κ2) is 10.5. The van der Waals surface area contributed by atoms with E-state index in [2.05, 4.69) is 22.3 Å². The topological polar surface area (TPSA) is 52.7 Å². The van der Waals surface area contributed by atoms with Crippen LogP contribution in [0.2, 0.25) is 5.02 Å². The van der Waals surface area contributed by atoms with Crippen molar-refractivity contribution in [3.63, 3.8) is 0 Å². The first-order valence-electron chi connectivity index (χ1n) is 11.8. The Balaban J connectivity index is 1.18. The second-order valence-corrected chi connectivity index (χ2v) is 10.6. The highest BCUT2D eigenvalue weighted by molar-refractivity contribution is 7.12. The molecule has 3 aromatic rings. The van der Waals surface area contributed by atoms with Crippen LogP contribution < -0.4 is 5.32 Å². The van der Waals surface area contributed by atoms with E-state index in [1.165, 1.54) is 23.5 Å². The molecule has 8 heteroatoms. The number of benzene rings is 2. The molecule has 35 heavy (non-hydrogen) atoms. The van der Waals surface area contributed by atoms with Gasteiger partial charge >= 0.3 is 0 Å². The van der Waals surface area contributed by atoms with Crippen molar-refractivity contribution < 1.29 is 14.0 Å². The number of fused-ring (bicyclic) bond motifs is 1. The van der Waals surface area contributed by atoms with Crippen LogP contribution in [0.15, 0.2) is 66.0 Å². The maximum atomic E-state index is 14.2. The molecule has 1 aromatic heterocycles. The summed E-state index contributed by atoms with van der Waals surface area (Å²) in [5, 5.41) is 5.27. The fourth-order valence-corrected chi connectivity index (χ4v) is 6.13. The van der Waals surface area contributed by atoms with Crippen molar-refractivity contribution in [1.82, 2.24) is 15.1 Å². The third kappa shape index (κ3) is 5.27. The number of halogens is 2. The number of hydrogen-bond donors (Lipinski definition) is 1. The summed E-state index contributed by atoms with van der Waals surface area (Å²) in [7, 11) is 0. The van der Waals surface area contributed by atoms with Crippen molar-refractivity contribution in [2.75, 3.05) is 32.7 Å². The van der Waals surface area contributed by atoms with Crippen LogP contribution in [0.4, 0.5) is 4.39 Å². The van der Waals surface area contributed by atoms with E-state index in [4.69, 9.17) is 11.6 Å². The molecule has 2 amide bonds. The van der Waals surface area contributed by atoms with Crippen LogP contribution in [-0.4, -0.2) is 54.3 Å². The number of rotatable bonds is 7. The zero-order valence-electron chi connectivity index (χ0n) is 19.2. The molecule has 3 atom stereocenters. The molecule has 3 heterocycles. The van der Waals surface area contributed by atoms with E-state index in [9.17, 15) is 14.0 Å². The summed E-state index contributed by atoms with van der Waals surface area (Å²) in [5.74, 6) is -0.221. The molecule has 0 bridgehead atoms. The van der Waals surface area contributed by atoms with Crippen molar-refractivity contribution in [2.24, 2.45) is 11.8 Å². The van der Waals surface area contributed by atoms with Gasteiger partial charge in [-0.3, -0.25) is 9.59 Å². The molecule has 2 aliphatic rings. The number of likely N-dealkylation sites (tertiary alicyclic amines) is 2. The second-order valence-electron chi connectivity index (χ2n) is 9.29. The van der Waals surface area contributed by atoms with Crippen LogP contribution in [0.5, 0.6) is 0 Å². The highest BCUT2D eigenvalue weighted by Crippen LogP contribution is 2.33. The predicted octanol–water partition coefficient (Wildman–Crippen LogP) is 5.11. The van der Waals surface area contributed by atoms with Crippen LogP contribution in [0, 0.1) is 17.7 Å². The van der Waals surface area contributed by atoms with Crippen LogP contribution in [0.3, 0.4) is 0 Å². The quantitative estimate of drug-likeness (QED) is 0.480. The van der Waals surface area contributed by atoms with Crippen molar-refractivity contribution in [2.45, 2.75) is 12.5 Å². The normalized spacial score (nSPS) is 20.6. The Morgan fingerprint density at radius 2 is 1.74 bits per heavy atom. The SMILES string of the molecule is O=C(N[C@@H](CCN1CC2CN(C(=O)c3c(F)cccc3Cl)CC2C1)c1ccccc1)c1cccs1. The first-order valence-corrected chi connectivity index (χ1v) is 13.1.